The summed E-state index contributed by atoms with van der Waals surface area (Å²) in [6, 6.07) is 15.5. The Hall–Kier alpha value is -2.47. The van der Waals surface area contributed by atoms with E-state index in [2.05, 4.69) is 5.32 Å². The standard InChI is InChI=1S/C22H24N2O3S/c1-2-27-19-11-9-18(10-12-19)24-20(25)14-28-22(24)16-7-4-8-17(13-16)23-21(26)15-5-3-6-15/h4,7-13,15,22H,2-3,5-6,14H2,1H3,(H,23,26)/t22-/m1/s1. The monoisotopic (exact) mass is 396 g/mol. The van der Waals surface area contributed by atoms with Gasteiger partial charge in [0, 0.05) is 17.3 Å². The van der Waals surface area contributed by atoms with Crippen LogP contribution in [0.5, 0.6) is 5.75 Å². The van der Waals surface area contributed by atoms with Crippen LogP contribution < -0.4 is 15.0 Å². The molecule has 4 rings (SSSR count). The van der Waals surface area contributed by atoms with Crippen molar-refractivity contribution in [2.24, 2.45) is 5.92 Å². The SMILES string of the molecule is CCOc1ccc(N2C(=O)CS[C@@H]2c2cccc(NC(=O)C3CCC3)c2)cc1. The molecule has 0 unspecified atom stereocenters. The normalized spacial score (nSPS) is 19.4. The van der Waals surface area contributed by atoms with E-state index in [0.29, 0.717) is 12.4 Å². The topological polar surface area (TPSA) is 58.6 Å². The Balaban J connectivity index is 1.54. The van der Waals surface area contributed by atoms with Gasteiger partial charge in [-0.3, -0.25) is 14.5 Å². The molecule has 2 fully saturated rings. The van der Waals surface area contributed by atoms with Gasteiger partial charge >= 0.3 is 0 Å². The van der Waals surface area contributed by atoms with Gasteiger partial charge in [-0.1, -0.05) is 18.6 Å². The van der Waals surface area contributed by atoms with Crippen LogP contribution in [-0.2, 0) is 9.59 Å². The van der Waals surface area contributed by atoms with E-state index in [0.717, 1.165) is 42.0 Å². The van der Waals surface area contributed by atoms with Crippen LogP contribution >= 0.6 is 11.8 Å². The number of thioether (sulfide) groups is 1. The van der Waals surface area contributed by atoms with E-state index in [1.54, 1.807) is 11.8 Å². The first kappa shape index (κ1) is 18.9. The van der Waals surface area contributed by atoms with E-state index >= 15 is 0 Å². The second-order valence-electron chi connectivity index (χ2n) is 7.10. The van der Waals surface area contributed by atoms with E-state index < -0.39 is 0 Å². The molecular formula is C22H24N2O3S. The highest BCUT2D eigenvalue weighted by molar-refractivity contribution is 8.00. The van der Waals surface area contributed by atoms with Crippen LogP contribution in [0, 0.1) is 5.92 Å². The second-order valence-corrected chi connectivity index (χ2v) is 8.17. The van der Waals surface area contributed by atoms with Crippen molar-refractivity contribution in [2.45, 2.75) is 31.6 Å². The minimum atomic E-state index is -0.106. The molecule has 28 heavy (non-hydrogen) atoms. The average Bonchev–Trinajstić information content (AvgIpc) is 3.03. The fourth-order valence-electron chi connectivity index (χ4n) is 3.50. The first-order valence-electron chi connectivity index (χ1n) is 9.73. The van der Waals surface area contributed by atoms with Crippen LogP contribution in [0.4, 0.5) is 11.4 Å². The third kappa shape index (κ3) is 3.87. The molecule has 0 bridgehead atoms. The van der Waals surface area contributed by atoms with Crippen molar-refractivity contribution in [3.63, 3.8) is 0 Å². The first-order chi connectivity index (χ1) is 13.7. The zero-order chi connectivity index (χ0) is 19.5. The number of nitrogens with one attached hydrogen (secondary N) is 1. The molecule has 0 radical (unpaired) electrons. The zero-order valence-corrected chi connectivity index (χ0v) is 16.7. The molecule has 1 N–H and O–H groups in total. The lowest BCUT2D eigenvalue weighted by Gasteiger charge is -2.26. The lowest BCUT2D eigenvalue weighted by Crippen LogP contribution is -2.29. The maximum Gasteiger partial charge on any atom is 0.238 e. The number of rotatable bonds is 6. The van der Waals surface area contributed by atoms with Crippen LogP contribution in [-0.4, -0.2) is 24.2 Å². The van der Waals surface area contributed by atoms with Gasteiger partial charge in [-0.2, -0.15) is 0 Å². The number of anilines is 2. The highest BCUT2D eigenvalue weighted by Gasteiger charge is 2.34. The summed E-state index contributed by atoms with van der Waals surface area (Å²) in [7, 11) is 0. The van der Waals surface area contributed by atoms with Gasteiger partial charge in [0.05, 0.1) is 12.4 Å². The summed E-state index contributed by atoms with van der Waals surface area (Å²) in [6.07, 6.45) is 3.09. The molecule has 2 amide bonds. The van der Waals surface area contributed by atoms with Crippen LogP contribution in [0.1, 0.15) is 37.1 Å². The molecule has 1 aliphatic heterocycles. The van der Waals surface area contributed by atoms with Gasteiger partial charge in [-0.25, -0.2) is 0 Å². The predicted octanol–water partition coefficient (Wildman–Crippen LogP) is 4.60. The smallest absolute Gasteiger partial charge is 0.238 e. The molecule has 6 heteroatoms. The molecule has 5 nitrogen and oxygen atoms in total. The van der Waals surface area contributed by atoms with Gasteiger partial charge in [0.25, 0.3) is 0 Å². The fourth-order valence-corrected chi connectivity index (χ4v) is 4.67. The number of hydrogen-bond acceptors (Lipinski definition) is 4. The average molecular weight is 397 g/mol. The summed E-state index contributed by atoms with van der Waals surface area (Å²) in [5.74, 6) is 1.57. The minimum Gasteiger partial charge on any atom is -0.494 e. The number of carbonyl (C=O) groups is 2. The van der Waals surface area contributed by atoms with Gasteiger partial charge in [0.1, 0.15) is 11.1 Å². The van der Waals surface area contributed by atoms with E-state index in [4.69, 9.17) is 4.74 Å². The maximum atomic E-state index is 12.6. The van der Waals surface area contributed by atoms with Crippen molar-refractivity contribution in [1.82, 2.24) is 0 Å². The van der Waals surface area contributed by atoms with E-state index in [1.807, 2.05) is 60.4 Å². The lowest BCUT2D eigenvalue weighted by atomic mass is 9.85. The third-order valence-electron chi connectivity index (χ3n) is 5.21. The Morgan fingerprint density at radius 3 is 2.68 bits per heavy atom. The molecule has 1 saturated heterocycles. The quantitative estimate of drug-likeness (QED) is 0.775. The highest BCUT2D eigenvalue weighted by atomic mass is 32.2. The van der Waals surface area contributed by atoms with Crippen LogP contribution in [0.2, 0.25) is 0 Å². The highest BCUT2D eigenvalue weighted by Crippen LogP contribution is 2.42. The molecule has 2 aliphatic rings. The third-order valence-corrected chi connectivity index (χ3v) is 6.42. The van der Waals surface area contributed by atoms with Gasteiger partial charge < -0.3 is 10.1 Å². The van der Waals surface area contributed by atoms with Crippen molar-refractivity contribution < 1.29 is 14.3 Å². The molecule has 0 spiro atoms. The van der Waals surface area contributed by atoms with Gasteiger partial charge in [-0.05, 0) is 61.7 Å². The Kier molecular flexibility index (Phi) is 5.57. The zero-order valence-electron chi connectivity index (χ0n) is 15.9. The Bertz CT molecular complexity index is 864. The van der Waals surface area contributed by atoms with Crippen molar-refractivity contribution in [3.05, 3.63) is 54.1 Å². The van der Waals surface area contributed by atoms with Gasteiger partial charge in [0.15, 0.2) is 0 Å². The van der Waals surface area contributed by atoms with Gasteiger partial charge in [-0.15, -0.1) is 11.8 Å². The number of carbonyl (C=O) groups excluding carboxylic acids is 2. The number of hydrogen-bond donors (Lipinski definition) is 1. The molecule has 146 valence electrons. The lowest BCUT2D eigenvalue weighted by molar-refractivity contribution is -0.122. The van der Waals surface area contributed by atoms with Crippen LogP contribution in [0.3, 0.4) is 0 Å². The molecule has 1 heterocycles. The maximum absolute atomic E-state index is 12.6. The summed E-state index contributed by atoms with van der Waals surface area (Å²) in [4.78, 5) is 26.7. The van der Waals surface area contributed by atoms with Crippen molar-refractivity contribution in [1.29, 1.82) is 0 Å². The summed E-state index contributed by atoms with van der Waals surface area (Å²) in [5.41, 5.74) is 2.66. The number of benzene rings is 2. The molecule has 1 atom stereocenters. The number of ether oxygens (including phenoxy) is 1. The van der Waals surface area contributed by atoms with E-state index in [1.165, 1.54) is 0 Å². The van der Waals surface area contributed by atoms with E-state index in [9.17, 15) is 9.59 Å². The summed E-state index contributed by atoms with van der Waals surface area (Å²) in [5, 5.41) is 2.92. The minimum absolute atomic E-state index is 0.0862. The largest absolute Gasteiger partial charge is 0.494 e. The molecule has 1 saturated carbocycles. The fraction of sp³-hybridized carbons (Fsp3) is 0.364. The number of amides is 2. The summed E-state index contributed by atoms with van der Waals surface area (Å²) < 4.78 is 5.50. The summed E-state index contributed by atoms with van der Waals surface area (Å²) >= 11 is 1.60. The second kappa shape index (κ2) is 8.27. The Morgan fingerprint density at radius 2 is 2.00 bits per heavy atom. The van der Waals surface area contributed by atoms with Crippen molar-refractivity contribution in [3.8, 4) is 5.75 Å². The summed E-state index contributed by atoms with van der Waals surface area (Å²) in [6.45, 7) is 2.56. The van der Waals surface area contributed by atoms with Crippen LogP contribution in [0.25, 0.3) is 0 Å². The number of nitrogens with zero attached hydrogens (tertiary/aromatic N) is 1. The van der Waals surface area contributed by atoms with E-state index in [-0.39, 0.29) is 23.1 Å². The van der Waals surface area contributed by atoms with Crippen molar-refractivity contribution in [2.75, 3.05) is 22.6 Å². The van der Waals surface area contributed by atoms with Crippen LogP contribution in [0.15, 0.2) is 48.5 Å². The molecule has 1 aliphatic carbocycles. The molecule has 0 aromatic heterocycles. The van der Waals surface area contributed by atoms with Gasteiger partial charge in [0.2, 0.25) is 11.8 Å². The predicted molar refractivity (Wildman–Crippen MR) is 113 cm³/mol. The van der Waals surface area contributed by atoms with Crippen molar-refractivity contribution >= 4 is 35.0 Å². The molecule has 2 aromatic carbocycles. The first-order valence-corrected chi connectivity index (χ1v) is 10.8. The molecule has 2 aromatic rings. The molecular weight excluding hydrogens is 372 g/mol. The Morgan fingerprint density at radius 1 is 1.21 bits per heavy atom. The Labute approximate surface area is 169 Å².